The van der Waals surface area contributed by atoms with Gasteiger partial charge in [0.1, 0.15) is 0 Å². The van der Waals surface area contributed by atoms with Gasteiger partial charge in [-0.25, -0.2) is 0 Å². The molecule has 0 N–H and O–H groups in total. The van der Waals surface area contributed by atoms with Gasteiger partial charge >= 0.3 is 0 Å². The van der Waals surface area contributed by atoms with Gasteiger partial charge in [-0.1, -0.05) is 114 Å². The SMILES string of the molecule is CN(C)Cc1cc([Si](C)(C)CCCCCCCCO[Si](C)(C)C(C)(C)C)cc(CN(C)C)c1[Si](C)(C)C. The van der Waals surface area contributed by atoms with Crippen LogP contribution in [0.15, 0.2) is 12.1 Å². The van der Waals surface area contributed by atoms with E-state index in [1.54, 1.807) is 21.5 Å². The quantitative estimate of drug-likeness (QED) is 0.152. The Morgan fingerprint density at radius 1 is 0.676 bits per heavy atom. The molecule has 0 aliphatic rings. The van der Waals surface area contributed by atoms with Crippen LogP contribution in [0, 0.1) is 0 Å². The highest BCUT2D eigenvalue weighted by Gasteiger charge is 2.36. The fraction of sp³-hybridized carbons (Fsp3) is 0.806. The molecular formula is C31H64N2OSi3. The van der Waals surface area contributed by atoms with Crippen LogP contribution in [0.2, 0.25) is 56.9 Å². The second-order valence-electron chi connectivity index (χ2n) is 15.3. The van der Waals surface area contributed by atoms with Crippen molar-refractivity contribution in [3.8, 4) is 0 Å². The van der Waals surface area contributed by atoms with Gasteiger partial charge in [-0.2, -0.15) is 0 Å². The molecule has 0 heterocycles. The van der Waals surface area contributed by atoms with Crippen molar-refractivity contribution in [1.29, 1.82) is 0 Å². The van der Waals surface area contributed by atoms with Crippen LogP contribution in [-0.4, -0.2) is 69.1 Å². The molecule has 6 heteroatoms. The van der Waals surface area contributed by atoms with E-state index in [2.05, 4.69) is 117 Å². The Kier molecular flexibility index (Phi) is 13.5. The summed E-state index contributed by atoms with van der Waals surface area (Å²) < 4.78 is 6.35. The third kappa shape index (κ3) is 11.8. The monoisotopic (exact) mass is 564 g/mol. The van der Waals surface area contributed by atoms with Gasteiger partial charge in [-0.05, 0) is 63.9 Å². The molecule has 0 saturated carbocycles. The lowest BCUT2D eigenvalue weighted by molar-refractivity contribution is 0.277. The third-order valence-electron chi connectivity index (χ3n) is 8.27. The Morgan fingerprint density at radius 2 is 1.11 bits per heavy atom. The first-order chi connectivity index (χ1) is 16.8. The molecule has 0 atom stereocenters. The second-order valence-corrected chi connectivity index (χ2v) is 29.9. The Balaban J connectivity index is 2.74. The molecule has 0 unspecified atom stereocenters. The first-order valence-electron chi connectivity index (χ1n) is 14.9. The summed E-state index contributed by atoms with van der Waals surface area (Å²) in [6, 6.07) is 6.65. The summed E-state index contributed by atoms with van der Waals surface area (Å²) in [7, 11) is 4.35. The lowest BCUT2D eigenvalue weighted by Gasteiger charge is -2.36. The number of benzene rings is 1. The topological polar surface area (TPSA) is 15.7 Å². The molecular weight excluding hydrogens is 501 g/mol. The molecule has 216 valence electrons. The minimum atomic E-state index is -1.58. The molecule has 37 heavy (non-hydrogen) atoms. The Bertz CT molecular complexity index is 790. The molecule has 0 fully saturated rings. The second kappa shape index (κ2) is 14.4. The largest absolute Gasteiger partial charge is 0.417 e. The molecule has 0 radical (unpaired) electrons. The Hall–Kier alpha value is -0.249. The van der Waals surface area contributed by atoms with Gasteiger partial charge in [-0.15, -0.1) is 0 Å². The van der Waals surface area contributed by atoms with Crippen LogP contribution >= 0.6 is 0 Å². The van der Waals surface area contributed by atoms with Crippen LogP contribution in [0.3, 0.4) is 0 Å². The fourth-order valence-corrected chi connectivity index (χ4v) is 11.0. The summed E-state index contributed by atoms with van der Waals surface area (Å²) >= 11 is 0. The summed E-state index contributed by atoms with van der Waals surface area (Å²) in [4.78, 5) is 4.71. The van der Waals surface area contributed by atoms with E-state index in [4.69, 9.17) is 4.43 Å². The Morgan fingerprint density at radius 3 is 1.51 bits per heavy atom. The van der Waals surface area contributed by atoms with Gasteiger partial charge in [0.25, 0.3) is 0 Å². The van der Waals surface area contributed by atoms with Crippen molar-refractivity contribution in [1.82, 2.24) is 9.80 Å². The van der Waals surface area contributed by atoms with Crippen molar-refractivity contribution >= 4 is 34.8 Å². The summed E-state index contributed by atoms with van der Waals surface area (Å²) in [6.45, 7) is 27.5. The normalized spacial score (nSPS) is 13.7. The zero-order valence-electron chi connectivity index (χ0n) is 27.5. The van der Waals surface area contributed by atoms with Crippen molar-refractivity contribution in [3.05, 3.63) is 23.3 Å². The van der Waals surface area contributed by atoms with Crippen molar-refractivity contribution in [2.24, 2.45) is 0 Å². The average Bonchev–Trinajstić information content (AvgIpc) is 2.69. The van der Waals surface area contributed by atoms with E-state index in [1.807, 2.05) is 0 Å². The van der Waals surface area contributed by atoms with E-state index in [1.165, 1.54) is 44.6 Å². The van der Waals surface area contributed by atoms with Crippen LogP contribution in [-0.2, 0) is 17.5 Å². The van der Waals surface area contributed by atoms with Crippen molar-refractivity contribution in [2.45, 2.75) is 129 Å². The van der Waals surface area contributed by atoms with Gasteiger partial charge in [-0.3, -0.25) is 0 Å². The number of nitrogens with zero attached hydrogens (tertiary/aromatic N) is 2. The van der Waals surface area contributed by atoms with E-state index < -0.39 is 24.5 Å². The van der Waals surface area contributed by atoms with Gasteiger partial charge in [0.15, 0.2) is 8.32 Å². The number of rotatable bonds is 16. The van der Waals surface area contributed by atoms with Crippen LogP contribution < -0.4 is 10.4 Å². The summed E-state index contributed by atoms with van der Waals surface area (Å²) in [5, 5.41) is 3.69. The molecule has 0 saturated heterocycles. The lowest BCUT2D eigenvalue weighted by Crippen LogP contribution is -2.49. The minimum absolute atomic E-state index is 0.319. The number of unbranched alkanes of at least 4 members (excludes halogenated alkanes) is 5. The molecule has 0 aliphatic carbocycles. The minimum Gasteiger partial charge on any atom is -0.417 e. The molecule has 0 bridgehead atoms. The Labute approximate surface area is 235 Å². The van der Waals surface area contributed by atoms with Crippen LogP contribution in [0.1, 0.15) is 70.4 Å². The molecule has 0 aromatic heterocycles. The highest BCUT2D eigenvalue weighted by molar-refractivity contribution is 6.91. The number of hydrogen-bond donors (Lipinski definition) is 0. The van der Waals surface area contributed by atoms with Gasteiger partial charge < -0.3 is 14.2 Å². The summed E-state index contributed by atoms with van der Waals surface area (Å²) in [5.41, 5.74) is 3.19. The molecule has 3 nitrogen and oxygen atoms in total. The smallest absolute Gasteiger partial charge is 0.191 e. The highest BCUT2D eigenvalue weighted by atomic mass is 28.4. The van der Waals surface area contributed by atoms with Crippen molar-refractivity contribution < 1.29 is 4.43 Å². The van der Waals surface area contributed by atoms with Crippen molar-refractivity contribution in [3.63, 3.8) is 0 Å². The predicted molar refractivity (Wildman–Crippen MR) is 177 cm³/mol. The summed E-state index contributed by atoms with van der Waals surface area (Å²) in [5.74, 6) is 0. The van der Waals surface area contributed by atoms with E-state index in [0.29, 0.717) is 5.04 Å². The molecule has 0 aliphatic heterocycles. The zero-order valence-corrected chi connectivity index (χ0v) is 30.5. The predicted octanol–water partition coefficient (Wildman–Crippen LogP) is 7.63. The molecule has 1 aromatic rings. The molecule has 1 rings (SSSR count). The van der Waals surface area contributed by atoms with Crippen LogP contribution in [0.5, 0.6) is 0 Å². The standard InChI is InChI=1S/C31H64N2OSi3/c1-31(2,3)37(13,14)34-21-19-17-15-16-18-20-22-36(11,12)29-23-27(25-32(4)5)30(35(8,9)10)28(24-29)26-33(6)7/h23-24H,15-22,25-26H2,1-14H3. The van der Waals surface area contributed by atoms with Crippen LogP contribution in [0.25, 0.3) is 0 Å². The van der Waals surface area contributed by atoms with Crippen molar-refractivity contribution in [2.75, 3.05) is 34.8 Å². The van der Waals surface area contributed by atoms with E-state index in [-0.39, 0.29) is 0 Å². The summed E-state index contributed by atoms with van der Waals surface area (Å²) in [6.07, 6.45) is 8.02. The maximum atomic E-state index is 6.35. The van der Waals surface area contributed by atoms with Gasteiger partial charge in [0, 0.05) is 19.7 Å². The van der Waals surface area contributed by atoms with Gasteiger partial charge in [0.2, 0.25) is 0 Å². The first kappa shape index (κ1) is 34.8. The maximum absolute atomic E-state index is 6.35. The maximum Gasteiger partial charge on any atom is 0.191 e. The molecule has 0 spiro atoms. The number of hydrogen-bond acceptors (Lipinski definition) is 3. The molecule has 1 aromatic carbocycles. The average molecular weight is 565 g/mol. The van der Waals surface area contributed by atoms with E-state index in [0.717, 1.165) is 19.7 Å². The first-order valence-corrected chi connectivity index (χ1v) is 24.5. The van der Waals surface area contributed by atoms with Crippen LogP contribution in [0.4, 0.5) is 0 Å². The van der Waals surface area contributed by atoms with Gasteiger partial charge in [0.05, 0.1) is 16.1 Å². The van der Waals surface area contributed by atoms with E-state index >= 15 is 0 Å². The zero-order chi connectivity index (χ0) is 28.7. The fourth-order valence-electron chi connectivity index (χ4n) is 5.12. The molecule has 0 amide bonds. The highest BCUT2D eigenvalue weighted by Crippen LogP contribution is 2.36. The lowest BCUT2D eigenvalue weighted by atomic mass is 10.1. The van der Waals surface area contributed by atoms with E-state index in [9.17, 15) is 0 Å². The third-order valence-corrected chi connectivity index (χ3v) is 18.4.